The first-order valence-electron chi connectivity index (χ1n) is 6.93. The van der Waals surface area contributed by atoms with Gasteiger partial charge in [-0.1, -0.05) is 11.6 Å². The van der Waals surface area contributed by atoms with Crippen LogP contribution in [0.5, 0.6) is 5.75 Å². The molecule has 2 rings (SSSR count). The third-order valence-electron chi connectivity index (χ3n) is 3.95. The van der Waals surface area contributed by atoms with Crippen LogP contribution in [-0.2, 0) is 4.74 Å². The van der Waals surface area contributed by atoms with E-state index in [0.29, 0.717) is 11.5 Å². The monoisotopic (exact) mass is 298 g/mol. The van der Waals surface area contributed by atoms with Crippen molar-refractivity contribution in [2.45, 2.75) is 32.3 Å². The average molecular weight is 299 g/mol. The van der Waals surface area contributed by atoms with E-state index in [-0.39, 0.29) is 10.8 Å². The van der Waals surface area contributed by atoms with Gasteiger partial charge in [0.1, 0.15) is 11.4 Å². The Morgan fingerprint density at radius 3 is 2.65 bits per heavy atom. The number of carbonyl (C=O) groups excluding carboxylic acids is 1. The van der Waals surface area contributed by atoms with Crippen molar-refractivity contribution in [3.05, 3.63) is 28.8 Å². The summed E-state index contributed by atoms with van der Waals surface area (Å²) in [6, 6.07) is 4.27. The molecule has 1 aromatic carbocycles. The van der Waals surface area contributed by atoms with Crippen molar-refractivity contribution in [1.82, 2.24) is 0 Å². The van der Waals surface area contributed by atoms with Gasteiger partial charge in [0.15, 0.2) is 0 Å². The van der Waals surface area contributed by atoms with Crippen LogP contribution in [0.1, 0.15) is 37.0 Å². The number of ether oxygens (including phenoxy) is 1. The molecular weight excluding hydrogens is 278 g/mol. The molecule has 3 N–H and O–H groups in total. The number of phenolic OH excluding ortho intramolecular Hbond substituents is 1. The van der Waals surface area contributed by atoms with Crippen molar-refractivity contribution in [3.63, 3.8) is 0 Å². The van der Waals surface area contributed by atoms with Gasteiger partial charge in [-0.3, -0.25) is 0 Å². The zero-order chi connectivity index (χ0) is 14.8. The highest BCUT2D eigenvalue weighted by molar-refractivity contribution is 6.33. The maximum atomic E-state index is 12.2. The Balaban J connectivity index is 2.09. The summed E-state index contributed by atoms with van der Waals surface area (Å²) in [5.74, 6) is -0.0319. The number of quaternary nitrogens is 1. The number of halogens is 1. The molecule has 1 fully saturated rings. The Morgan fingerprint density at radius 1 is 1.40 bits per heavy atom. The number of carbonyl (C=O) groups is 1. The van der Waals surface area contributed by atoms with Crippen molar-refractivity contribution in [2.24, 2.45) is 5.92 Å². The van der Waals surface area contributed by atoms with Gasteiger partial charge in [0.05, 0.1) is 23.7 Å². The van der Waals surface area contributed by atoms with Crippen LogP contribution in [-0.4, -0.2) is 29.8 Å². The Morgan fingerprint density at radius 2 is 2.05 bits per heavy atom. The maximum Gasteiger partial charge on any atom is 0.340 e. The minimum absolute atomic E-state index is 0.0358. The lowest BCUT2D eigenvalue weighted by Crippen LogP contribution is -2.86. The molecular formula is C15H21ClNO3+. The summed E-state index contributed by atoms with van der Waals surface area (Å²) in [5, 5.41) is 11.8. The van der Waals surface area contributed by atoms with Crippen LogP contribution >= 0.6 is 11.6 Å². The summed E-state index contributed by atoms with van der Waals surface area (Å²) in [6.45, 7) is 6.06. The lowest BCUT2D eigenvalue weighted by molar-refractivity contribution is -0.665. The number of aromatic hydroxyl groups is 1. The van der Waals surface area contributed by atoms with Gasteiger partial charge < -0.3 is 15.2 Å². The Labute approximate surface area is 124 Å². The van der Waals surface area contributed by atoms with Gasteiger partial charge in [-0.2, -0.15) is 0 Å². The molecule has 0 spiro atoms. The highest BCUT2D eigenvalue weighted by Crippen LogP contribution is 2.30. The van der Waals surface area contributed by atoms with Gasteiger partial charge in [0.25, 0.3) is 0 Å². The van der Waals surface area contributed by atoms with Crippen molar-refractivity contribution >= 4 is 17.6 Å². The molecule has 0 saturated carbocycles. The van der Waals surface area contributed by atoms with Crippen LogP contribution in [0.15, 0.2) is 18.2 Å². The van der Waals surface area contributed by atoms with Crippen LogP contribution in [0, 0.1) is 5.92 Å². The number of phenols is 1. The van der Waals surface area contributed by atoms with Crippen LogP contribution in [0.25, 0.3) is 0 Å². The van der Waals surface area contributed by atoms with Crippen molar-refractivity contribution in [3.8, 4) is 5.75 Å². The molecule has 5 heteroatoms. The van der Waals surface area contributed by atoms with Gasteiger partial charge in [-0.05, 0) is 32.0 Å². The summed E-state index contributed by atoms with van der Waals surface area (Å²) in [6.07, 6.45) is 2.09. The second kappa shape index (κ2) is 6.02. The lowest BCUT2D eigenvalue weighted by Gasteiger charge is -2.35. The van der Waals surface area contributed by atoms with Crippen LogP contribution < -0.4 is 5.32 Å². The number of rotatable bonds is 3. The number of hydrogen-bond donors (Lipinski definition) is 2. The van der Waals surface area contributed by atoms with Gasteiger partial charge in [-0.15, -0.1) is 0 Å². The first-order chi connectivity index (χ1) is 9.40. The van der Waals surface area contributed by atoms with Crippen LogP contribution in [0.4, 0.5) is 0 Å². The molecule has 0 bridgehead atoms. The smallest absolute Gasteiger partial charge is 0.340 e. The Hall–Kier alpha value is -1.26. The van der Waals surface area contributed by atoms with E-state index in [2.05, 4.69) is 5.32 Å². The molecule has 0 atom stereocenters. The van der Waals surface area contributed by atoms with E-state index < -0.39 is 11.6 Å². The van der Waals surface area contributed by atoms with E-state index in [1.54, 1.807) is 0 Å². The van der Waals surface area contributed by atoms with E-state index in [9.17, 15) is 9.90 Å². The molecule has 0 radical (unpaired) electrons. The summed E-state index contributed by atoms with van der Waals surface area (Å²) < 4.78 is 5.67. The Kier molecular flexibility index (Phi) is 4.55. The molecule has 20 heavy (non-hydrogen) atoms. The lowest BCUT2D eigenvalue weighted by atomic mass is 9.83. The van der Waals surface area contributed by atoms with Crippen LogP contribution in [0.3, 0.4) is 0 Å². The highest BCUT2D eigenvalue weighted by atomic mass is 35.5. The number of benzene rings is 1. The largest absolute Gasteiger partial charge is 0.508 e. The Bertz CT molecular complexity index is 496. The van der Waals surface area contributed by atoms with Crippen molar-refractivity contribution in [1.29, 1.82) is 0 Å². The highest BCUT2D eigenvalue weighted by Gasteiger charge is 2.35. The normalized spacial score (nSPS) is 16.9. The second-order valence-corrected chi connectivity index (χ2v) is 6.20. The molecule has 0 amide bonds. The summed E-state index contributed by atoms with van der Waals surface area (Å²) in [7, 11) is 0. The molecule has 1 aromatic rings. The van der Waals surface area contributed by atoms with Crippen molar-refractivity contribution < 1.29 is 20.0 Å². The fourth-order valence-corrected chi connectivity index (χ4v) is 2.92. The molecule has 1 saturated heterocycles. The topological polar surface area (TPSA) is 63.1 Å². The first kappa shape index (κ1) is 15.1. The molecule has 0 aliphatic carbocycles. The third-order valence-corrected chi connectivity index (χ3v) is 4.26. The van der Waals surface area contributed by atoms with Crippen molar-refractivity contribution in [2.75, 3.05) is 13.1 Å². The summed E-state index contributed by atoms with van der Waals surface area (Å²) in [5.41, 5.74) is -0.216. The fraction of sp³-hybridized carbons (Fsp3) is 0.533. The number of nitrogens with two attached hydrogens (primary N) is 1. The third kappa shape index (κ3) is 3.44. The summed E-state index contributed by atoms with van der Waals surface area (Å²) in [4.78, 5) is 12.2. The number of piperidine rings is 1. The average Bonchev–Trinajstić information content (AvgIpc) is 2.39. The second-order valence-electron chi connectivity index (χ2n) is 5.80. The molecule has 4 nitrogen and oxygen atoms in total. The van der Waals surface area contributed by atoms with E-state index in [0.717, 1.165) is 25.9 Å². The number of hydrogen-bond acceptors (Lipinski definition) is 3. The first-order valence-corrected chi connectivity index (χ1v) is 7.31. The van der Waals surface area contributed by atoms with Gasteiger partial charge >= 0.3 is 5.97 Å². The molecule has 0 aromatic heterocycles. The van der Waals surface area contributed by atoms with Gasteiger partial charge in [-0.25, -0.2) is 4.79 Å². The van der Waals surface area contributed by atoms with Crippen LogP contribution in [0.2, 0.25) is 5.02 Å². The minimum Gasteiger partial charge on any atom is -0.508 e. The molecule has 1 heterocycles. The number of esters is 1. The fourth-order valence-electron chi connectivity index (χ4n) is 2.67. The van der Waals surface area contributed by atoms with E-state index in [4.69, 9.17) is 16.3 Å². The molecule has 1 aliphatic rings. The molecule has 1 aliphatic heterocycles. The summed E-state index contributed by atoms with van der Waals surface area (Å²) >= 11 is 5.97. The maximum absolute atomic E-state index is 12.2. The minimum atomic E-state index is -0.507. The SMILES string of the molecule is CC(C)(OC(=O)c1ccc(O)cc1Cl)C1CC[NH2+]CC1. The van der Waals surface area contributed by atoms with Gasteiger partial charge in [0, 0.05) is 18.8 Å². The predicted molar refractivity (Wildman–Crippen MR) is 77.0 cm³/mol. The van der Waals surface area contributed by atoms with E-state index >= 15 is 0 Å². The van der Waals surface area contributed by atoms with E-state index in [1.165, 1.54) is 18.2 Å². The zero-order valence-corrected chi connectivity index (χ0v) is 12.6. The predicted octanol–water partition coefficient (Wildman–Crippen LogP) is 1.95. The molecule has 110 valence electrons. The quantitative estimate of drug-likeness (QED) is 0.839. The molecule has 0 unspecified atom stereocenters. The zero-order valence-electron chi connectivity index (χ0n) is 11.9. The standard InChI is InChI=1S/C15H20ClNO3/c1-15(2,10-5-7-17-8-6-10)20-14(19)12-4-3-11(18)9-13(12)16/h3-4,9-10,17-18H,5-8H2,1-2H3/p+1. The van der Waals surface area contributed by atoms with E-state index in [1.807, 2.05) is 13.8 Å². The van der Waals surface area contributed by atoms with Gasteiger partial charge in [0.2, 0.25) is 0 Å².